The first-order valence-electron chi connectivity index (χ1n) is 9.89. The van der Waals surface area contributed by atoms with Crippen molar-refractivity contribution in [1.29, 1.82) is 0 Å². The summed E-state index contributed by atoms with van der Waals surface area (Å²) in [6.45, 7) is 8.73. The van der Waals surface area contributed by atoms with E-state index in [2.05, 4.69) is 10.9 Å². The van der Waals surface area contributed by atoms with Gasteiger partial charge in [-0.25, -0.2) is 0 Å². The van der Waals surface area contributed by atoms with Crippen molar-refractivity contribution in [3.63, 3.8) is 0 Å². The highest BCUT2D eigenvalue weighted by Crippen LogP contribution is 2.39. The van der Waals surface area contributed by atoms with Crippen molar-refractivity contribution in [1.82, 2.24) is 10.9 Å². The number of ether oxygens (including phenoxy) is 3. The number of hydrazine groups is 1. The van der Waals surface area contributed by atoms with Gasteiger partial charge in [-0.15, -0.1) is 0 Å². The Morgan fingerprint density at radius 1 is 0.900 bits per heavy atom. The summed E-state index contributed by atoms with van der Waals surface area (Å²) < 4.78 is 16.8. The third-order valence-corrected chi connectivity index (χ3v) is 3.94. The predicted molar refractivity (Wildman–Crippen MR) is 116 cm³/mol. The van der Waals surface area contributed by atoms with Gasteiger partial charge >= 0.3 is 0 Å². The lowest BCUT2D eigenvalue weighted by Gasteiger charge is -2.17. The van der Waals surface area contributed by atoms with Gasteiger partial charge in [-0.3, -0.25) is 20.4 Å². The van der Waals surface area contributed by atoms with Gasteiger partial charge in [0, 0.05) is 11.6 Å². The van der Waals surface area contributed by atoms with Crippen molar-refractivity contribution >= 4 is 17.9 Å². The number of benzene rings is 2. The molecule has 7 nitrogen and oxygen atoms in total. The molecule has 0 atom stereocenters. The van der Waals surface area contributed by atoms with Crippen LogP contribution < -0.4 is 25.1 Å². The van der Waals surface area contributed by atoms with Gasteiger partial charge in [0.05, 0.1) is 19.8 Å². The zero-order valence-corrected chi connectivity index (χ0v) is 17.8. The second-order valence-corrected chi connectivity index (χ2v) is 6.29. The van der Waals surface area contributed by atoms with E-state index in [1.165, 1.54) is 6.08 Å². The summed E-state index contributed by atoms with van der Waals surface area (Å²) >= 11 is 0. The topological polar surface area (TPSA) is 85.9 Å². The molecule has 0 radical (unpaired) electrons. The van der Waals surface area contributed by atoms with E-state index >= 15 is 0 Å². The third kappa shape index (κ3) is 6.55. The highest BCUT2D eigenvalue weighted by molar-refractivity contribution is 5.98. The van der Waals surface area contributed by atoms with Crippen molar-refractivity contribution in [3.8, 4) is 17.2 Å². The molecule has 2 aromatic carbocycles. The maximum Gasteiger partial charge on any atom is 0.269 e. The first-order chi connectivity index (χ1) is 14.5. The number of hydrogen-bond acceptors (Lipinski definition) is 5. The molecule has 0 bridgehead atoms. The van der Waals surface area contributed by atoms with E-state index in [1.807, 2.05) is 52.0 Å². The Labute approximate surface area is 177 Å². The average molecular weight is 412 g/mol. The van der Waals surface area contributed by atoms with Crippen LogP contribution in [0, 0.1) is 6.92 Å². The van der Waals surface area contributed by atoms with E-state index in [1.54, 1.807) is 18.2 Å². The van der Waals surface area contributed by atoms with Crippen molar-refractivity contribution in [2.45, 2.75) is 27.7 Å². The Hall–Kier alpha value is -3.48. The van der Waals surface area contributed by atoms with Crippen LogP contribution >= 0.6 is 0 Å². The van der Waals surface area contributed by atoms with Crippen LogP contribution in [-0.2, 0) is 4.79 Å². The van der Waals surface area contributed by atoms with Crippen molar-refractivity contribution in [3.05, 3.63) is 59.2 Å². The molecule has 0 unspecified atom stereocenters. The van der Waals surface area contributed by atoms with Gasteiger partial charge in [0.1, 0.15) is 0 Å². The minimum atomic E-state index is -0.503. The molecule has 0 aliphatic rings. The summed E-state index contributed by atoms with van der Waals surface area (Å²) in [7, 11) is 0. The number of amides is 2. The summed E-state index contributed by atoms with van der Waals surface area (Å²) in [4.78, 5) is 24.6. The van der Waals surface area contributed by atoms with Gasteiger partial charge in [0.2, 0.25) is 5.75 Å². The number of nitrogens with one attached hydrogen (secondary N) is 2. The van der Waals surface area contributed by atoms with Gasteiger partial charge < -0.3 is 14.2 Å². The smallest absolute Gasteiger partial charge is 0.269 e. The summed E-state index contributed by atoms with van der Waals surface area (Å²) in [5.41, 5.74) is 7.02. The minimum Gasteiger partial charge on any atom is -0.490 e. The van der Waals surface area contributed by atoms with Crippen molar-refractivity contribution in [2.75, 3.05) is 19.8 Å². The quantitative estimate of drug-likeness (QED) is 0.485. The fraction of sp³-hybridized carbons (Fsp3) is 0.304. The van der Waals surface area contributed by atoms with Crippen LogP contribution in [0.3, 0.4) is 0 Å². The summed E-state index contributed by atoms with van der Waals surface area (Å²) in [5, 5.41) is 0. The number of carbonyl (C=O) groups is 2. The van der Waals surface area contributed by atoms with E-state index in [-0.39, 0.29) is 5.56 Å². The molecule has 2 aromatic rings. The summed E-state index contributed by atoms with van der Waals surface area (Å²) in [6.07, 6.45) is 3.02. The van der Waals surface area contributed by atoms with E-state index < -0.39 is 11.8 Å². The zero-order valence-electron chi connectivity index (χ0n) is 17.8. The Morgan fingerprint density at radius 2 is 1.53 bits per heavy atom. The van der Waals surface area contributed by atoms with Gasteiger partial charge in [0.25, 0.3) is 11.8 Å². The molecule has 0 aromatic heterocycles. The van der Waals surface area contributed by atoms with Crippen LogP contribution in [0.4, 0.5) is 0 Å². The predicted octanol–water partition coefficient (Wildman–Crippen LogP) is 3.67. The number of hydrogen-bond donors (Lipinski definition) is 2. The van der Waals surface area contributed by atoms with Gasteiger partial charge in [-0.2, -0.15) is 0 Å². The fourth-order valence-electron chi connectivity index (χ4n) is 2.70. The van der Waals surface area contributed by atoms with Crippen LogP contribution in [0.25, 0.3) is 6.08 Å². The van der Waals surface area contributed by atoms with E-state index in [9.17, 15) is 9.59 Å². The molecule has 0 aliphatic carbocycles. The van der Waals surface area contributed by atoms with Gasteiger partial charge in [-0.1, -0.05) is 29.8 Å². The van der Waals surface area contributed by atoms with E-state index in [4.69, 9.17) is 14.2 Å². The van der Waals surface area contributed by atoms with Crippen LogP contribution in [0.5, 0.6) is 17.2 Å². The average Bonchev–Trinajstić information content (AvgIpc) is 2.73. The molecule has 2 N–H and O–H groups in total. The second-order valence-electron chi connectivity index (χ2n) is 6.29. The van der Waals surface area contributed by atoms with Crippen LogP contribution in [0.2, 0.25) is 0 Å². The Kier molecular flexibility index (Phi) is 8.75. The van der Waals surface area contributed by atoms with Crippen molar-refractivity contribution < 1.29 is 23.8 Å². The Balaban J connectivity index is 2.10. The second kappa shape index (κ2) is 11.5. The van der Waals surface area contributed by atoms with E-state index in [0.29, 0.717) is 37.1 Å². The fourth-order valence-corrected chi connectivity index (χ4v) is 2.70. The highest BCUT2D eigenvalue weighted by Gasteiger charge is 2.18. The maximum absolute atomic E-state index is 12.5. The molecule has 160 valence electrons. The number of rotatable bonds is 9. The summed E-state index contributed by atoms with van der Waals surface area (Å²) in [5.74, 6) is 0.299. The van der Waals surface area contributed by atoms with E-state index in [0.717, 1.165) is 11.1 Å². The number of carbonyl (C=O) groups excluding carboxylic acids is 2. The Morgan fingerprint density at radius 3 is 2.10 bits per heavy atom. The lowest BCUT2D eigenvalue weighted by atomic mass is 10.1. The molecule has 0 aliphatic heterocycles. The van der Waals surface area contributed by atoms with Gasteiger partial charge in [-0.05, 0) is 51.5 Å². The normalized spacial score (nSPS) is 10.5. The molecule has 0 spiro atoms. The largest absolute Gasteiger partial charge is 0.490 e. The molecule has 0 saturated carbocycles. The highest BCUT2D eigenvalue weighted by atomic mass is 16.5. The molecular weight excluding hydrogens is 384 g/mol. The van der Waals surface area contributed by atoms with Crippen LogP contribution in [0.15, 0.2) is 42.5 Å². The maximum atomic E-state index is 12.5. The first kappa shape index (κ1) is 22.8. The molecule has 0 fully saturated rings. The van der Waals surface area contributed by atoms with Crippen LogP contribution in [-0.4, -0.2) is 31.6 Å². The lowest BCUT2D eigenvalue weighted by molar-refractivity contribution is -0.117. The van der Waals surface area contributed by atoms with Gasteiger partial charge in [0.15, 0.2) is 11.5 Å². The molecule has 0 heterocycles. The lowest BCUT2D eigenvalue weighted by Crippen LogP contribution is -2.40. The minimum absolute atomic E-state index is 0.272. The standard InChI is InChI=1S/C23H28N2O5/c1-5-28-19-14-18(15-20(29-6-2)22(19)30-7-3)23(27)25-24-21(26)12-11-17-10-8-9-16(4)13-17/h8-15H,5-7H2,1-4H3,(H,24,26)(H,25,27)/b12-11+. The molecule has 30 heavy (non-hydrogen) atoms. The molecule has 0 saturated heterocycles. The zero-order chi connectivity index (χ0) is 21.9. The molecule has 7 heteroatoms. The van der Waals surface area contributed by atoms with Crippen LogP contribution in [0.1, 0.15) is 42.3 Å². The molecular formula is C23H28N2O5. The molecule has 2 amide bonds. The Bertz CT molecular complexity index is 881. The SMILES string of the molecule is CCOc1cc(C(=O)NNC(=O)/C=C/c2cccc(C)c2)cc(OCC)c1OCC. The monoisotopic (exact) mass is 412 g/mol. The van der Waals surface area contributed by atoms with Crippen molar-refractivity contribution in [2.24, 2.45) is 0 Å². The number of aryl methyl sites for hydroxylation is 1. The first-order valence-corrected chi connectivity index (χ1v) is 9.89. The third-order valence-electron chi connectivity index (χ3n) is 3.94. The summed E-state index contributed by atoms with van der Waals surface area (Å²) in [6, 6.07) is 10.8. The molecule has 2 rings (SSSR count).